The Kier molecular flexibility index (Phi) is 16.7. The maximum atomic E-state index is 11.5. The fourth-order valence-corrected chi connectivity index (χ4v) is 2.82. The molecule has 0 aliphatic carbocycles. The molecule has 175 valence electrons. The number of piperazine rings is 1. The number of carbonyl (C=O) groups is 1. The maximum absolute atomic E-state index is 11.5. The monoisotopic (exact) mass is 552 g/mol. The van der Waals surface area contributed by atoms with Crippen molar-refractivity contribution in [1.82, 2.24) is 9.80 Å². The number of rotatable bonds is 6. The second kappa shape index (κ2) is 15.3. The van der Waals surface area contributed by atoms with Gasteiger partial charge in [0.05, 0.1) is 0 Å². The molecule has 5 nitrogen and oxygen atoms in total. The molecule has 0 spiro atoms. The minimum atomic E-state index is -0.397. The van der Waals surface area contributed by atoms with Gasteiger partial charge in [0.25, 0.3) is 0 Å². The van der Waals surface area contributed by atoms with E-state index in [0.717, 1.165) is 25.6 Å². The van der Waals surface area contributed by atoms with Crippen LogP contribution in [0.4, 0.5) is 4.79 Å². The average molecular weight is 553 g/mol. The minimum Gasteiger partial charge on any atom is -0.659 e. The van der Waals surface area contributed by atoms with Crippen LogP contribution < -0.4 is 0 Å². The van der Waals surface area contributed by atoms with Gasteiger partial charge >= 0.3 is 6.09 Å². The quantitative estimate of drug-likeness (QED) is 0.425. The molecule has 1 atom stereocenters. The van der Waals surface area contributed by atoms with Gasteiger partial charge in [-0.2, -0.15) is 6.92 Å². The van der Waals surface area contributed by atoms with Crippen LogP contribution in [-0.2, 0) is 4.74 Å². The average Bonchev–Trinajstić information content (AvgIpc) is 2.53. The van der Waals surface area contributed by atoms with Crippen molar-refractivity contribution >= 4 is 6.09 Å². The molecule has 1 unspecified atom stereocenters. The van der Waals surface area contributed by atoms with Gasteiger partial charge in [0.1, 0.15) is 5.60 Å². The van der Waals surface area contributed by atoms with Gasteiger partial charge in [-0.25, -0.2) is 4.79 Å². The van der Waals surface area contributed by atoms with E-state index in [9.17, 15) is 4.79 Å². The first kappa shape index (κ1) is 30.6. The van der Waals surface area contributed by atoms with Crippen molar-refractivity contribution in [3.05, 3.63) is 11.7 Å². The smallest absolute Gasteiger partial charge is 0.410 e. The van der Waals surface area contributed by atoms with Crippen LogP contribution in [0.25, 0.3) is 5.32 Å². The Balaban J connectivity index is 0. The summed E-state index contributed by atoms with van der Waals surface area (Å²) in [5.74, 6) is 0.817. The third-order valence-corrected chi connectivity index (χ3v) is 4.11. The third-order valence-electron chi connectivity index (χ3n) is 4.11. The van der Waals surface area contributed by atoms with Gasteiger partial charge < -0.3 is 26.3 Å². The Hall–Kier alpha value is 0.424. The molecule has 0 aromatic rings. The molecule has 0 saturated carbocycles. The number of nitrogens with zero attached hydrogens (tertiary/aromatic N) is 3. The molecule has 1 saturated heterocycles. The van der Waals surface area contributed by atoms with E-state index < -0.39 is 5.60 Å². The van der Waals surface area contributed by atoms with Crippen LogP contribution in [0.2, 0.25) is 0 Å². The molecule has 0 bridgehead atoms. The summed E-state index contributed by atoms with van der Waals surface area (Å²) < 4.78 is 5.22. The van der Waals surface area contributed by atoms with Gasteiger partial charge in [-0.05, 0) is 38.6 Å². The molecular formula is C22H45N3O2Tm-2. The number of ether oxygens (including phenoxy) is 1. The first-order chi connectivity index (χ1) is 12.4. The summed E-state index contributed by atoms with van der Waals surface area (Å²) in [5, 5.41) is 4.16. The van der Waals surface area contributed by atoms with Crippen LogP contribution in [0.3, 0.4) is 0 Å². The summed E-state index contributed by atoms with van der Waals surface area (Å²) in [7, 11) is 0. The minimum absolute atomic E-state index is 0. The molecule has 1 heterocycles. The predicted octanol–water partition coefficient (Wildman–Crippen LogP) is 5.22. The van der Waals surface area contributed by atoms with Gasteiger partial charge in [0.15, 0.2) is 0 Å². The van der Waals surface area contributed by atoms with Crippen LogP contribution in [0.1, 0.15) is 68.7 Å². The molecular weight excluding hydrogens is 507 g/mol. The van der Waals surface area contributed by atoms with Crippen LogP contribution in [0, 0.1) is 54.6 Å². The van der Waals surface area contributed by atoms with Crippen molar-refractivity contribution in [2.45, 2.75) is 74.3 Å². The molecule has 0 N–H and O–H groups in total. The van der Waals surface area contributed by atoms with Crippen molar-refractivity contribution in [2.24, 2.45) is 11.3 Å². The topological polar surface area (TPSA) is 46.9 Å². The van der Waals surface area contributed by atoms with E-state index in [4.69, 9.17) is 4.74 Å². The molecule has 1 rings (SSSR count). The van der Waals surface area contributed by atoms with Crippen LogP contribution in [0.15, 0.2) is 0 Å². The Morgan fingerprint density at radius 3 is 2.11 bits per heavy atom. The zero-order valence-corrected chi connectivity index (χ0v) is 21.5. The largest absolute Gasteiger partial charge is 0.659 e. The first-order valence-electron chi connectivity index (χ1n) is 10.5. The molecule has 6 heteroatoms. The van der Waals surface area contributed by atoms with Crippen molar-refractivity contribution < 1.29 is 46.4 Å². The van der Waals surface area contributed by atoms with Crippen LogP contribution >= 0.6 is 0 Å². The summed E-state index contributed by atoms with van der Waals surface area (Å²) in [4.78, 5) is 15.7. The van der Waals surface area contributed by atoms with Gasteiger partial charge in [0, 0.05) is 56.5 Å². The number of hydrogen-bond acceptors (Lipinski definition) is 3. The second-order valence-electron chi connectivity index (χ2n) is 9.81. The zero-order chi connectivity index (χ0) is 21.1. The summed E-state index contributed by atoms with van der Waals surface area (Å²) in [5.41, 5.74) is 0.0160. The van der Waals surface area contributed by atoms with Crippen LogP contribution in [-0.4, -0.2) is 67.3 Å². The van der Waals surface area contributed by atoms with Gasteiger partial charge in [-0.3, -0.25) is 0 Å². The van der Waals surface area contributed by atoms with E-state index in [-0.39, 0.29) is 43.0 Å². The van der Waals surface area contributed by atoms with Crippen LogP contribution in [0.5, 0.6) is 0 Å². The number of carbonyl (C=O) groups excluding carboxylic acids is 1. The number of amides is 1. The van der Waals surface area contributed by atoms with Crippen molar-refractivity contribution in [3.8, 4) is 0 Å². The number of hydrogen-bond donors (Lipinski definition) is 0. The Labute approximate surface area is 204 Å². The molecule has 1 radical (unpaired) electrons. The van der Waals surface area contributed by atoms with E-state index in [1.165, 1.54) is 19.5 Å². The molecule has 1 amide bonds. The summed E-state index contributed by atoms with van der Waals surface area (Å²) >= 11 is 0. The Bertz CT molecular complexity index is 400. The normalized spacial score (nSPS) is 16.0. The van der Waals surface area contributed by atoms with E-state index in [0.29, 0.717) is 18.5 Å². The Morgan fingerprint density at radius 2 is 1.71 bits per heavy atom. The fraction of sp³-hybridized carbons (Fsp3) is 0.909. The summed E-state index contributed by atoms with van der Waals surface area (Å²) in [6.45, 7) is 25.7. The molecule has 0 aromatic heterocycles. The van der Waals surface area contributed by atoms with Gasteiger partial charge in [-0.15, -0.1) is 19.6 Å². The van der Waals surface area contributed by atoms with E-state index in [1.807, 2.05) is 20.8 Å². The van der Waals surface area contributed by atoms with Gasteiger partial charge in [0.2, 0.25) is 0 Å². The SMILES string of the molecule is CC(C)(C)OC(=O)N1CC[N-]CC1.C[CH-]CN(CC(C)CC)CC(C)(C)C.[Tm]. The first-order valence-corrected chi connectivity index (χ1v) is 10.5. The summed E-state index contributed by atoms with van der Waals surface area (Å²) in [6.07, 6.45) is 3.32. The molecule has 0 aromatic carbocycles. The van der Waals surface area contributed by atoms with Crippen molar-refractivity contribution in [3.63, 3.8) is 0 Å². The second-order valence-corrected chi connectivity index (χ2v) is 9.81. The molecule has 1 fully saturated rings. The van der Waals surface area contributed by atoms with Crippen molar-refractivity contribution in [1.29, 1.82) is 0 Å². The summed E-state index contributed by atoms with van der Waals surface area (Å²) in [6, 6.07) is 0. The van der Waals surface area contributed by atoms with Gasteiger partial charge in [-0.1, -0.05) is 41.0 Å². The molecule has 1 aliphatic heterocycles. The third kappa shape index (κ3) is 17.3. The fourth-order valence-electron chi connectivity index (χ4n) is 2.82. The predicted molar refractivity (Wildman–Crippen MR) is 116 cm³/mol. The molecule has 1 aliphatic rings. The zero-order valence-electron chi connectivity index (χ0n) is 19.7. The van der Waals surface area contributed by atoms with Crippen molar-refractivity contribution in [2.75, 3.05) is 45.8 Å². The molecule has 28 heavy (non-hydrogen) atoms. The van der Waals surface area contributed by atoms with E-state index >= 15 is 0 Å². The van der Waals surface area contributed by atoms with E-state index in [2.05, 4.69) is 58.2 Å². The van der Waals surface area contributed by atoms with E-state index in [1.54, 1.807) is 4.90 Å². The maximum Gasteiger partial charge on any atom is 0.410 e. The Morgan fingerprint density at radius 1 is 1.18 bits per heavy atom. The standard InChI is InChI=1S/C13H28N.C9H17N2O2.Tm/c1-7-9-14(10-12(3)8-2)11-13(4,5)6;1-9(2,3)13-8(12)11-6-4-10-5-7-11;/h7,12H,8-11H2,1-6H3;4-7H2,1-3H3;/q2*-1;.